The molecule has 1 aromatic heterocycles. The number of halogens is 1. The van der Waals surface area contributed by atoms with Gasteiger partial charge in [-0.15, -0.1) is 0 Å². The van der Waals surface area contributed by atoms with Crippen molar-refractivity contribution in [2.45, 2.75) is 0 Å². The molecule has 0 bridgehead atoms. The summed E-state index contributed by atoms with van der Waals surface area (Å²) in [6.07, 6.45) is 3.32. The monoisotopic (exact) mass is 353 g/mol. The third-order valence-electron chi connectivity index (χ3n) is 3.51. The number of rotatable bonds is 4. The number of hydrogen-bond acceptors (Lipinski definition) is 3. The second-order valence-corrected chi connectivity index (χ2v) is 5.63. The maximum Gasteiger partial charge on any atom is 0.330 e. The zero-order chi connectivity index (χ0) is 17.6. The van der Waals surface area contributed by atoms with E-state index < -0.39 is 0 Å². The first kappa shape index (κ1) is 16.8. The molecule has 0 saturated carbocycles. The van der Waals surface area contributed by atoms with Gasteiger partial charge in [-0.2, -0.15) is 0 Å². The third-order valence-corrected chi connectivity index (χ3v) is 3.76. The zero-order valence-corrected chi connectivity index (χ0v) is 14.3. The number of anilines is 1. The van der Waals surface area contributed by atoms with Crippen molar-refractivity contribution in [2.75, 3.05) is 12.4 Å². The van der Waals surface area contributed by atoms with Gasteiger partial charge >= 0.3 is 6.03 Å². The van der Waals surface area contributed by atoms with E-state index in [1.165, 1.54) is 4.57 Å². The molecule has 0 fully saturated rings. The fraction of sp³-hybridized carbons (Fsp3) is 0.0526. The fourth-order valence-corrected chi connectivity index (χ4v) is 2.34. The van der Waals surface area contributed by atoms with Crippen molar-refractivity contribution in [1.29, 1.82) is 0 Å². The summed E-state index contributed by atoms with van der Waals surface area (Å²) in [7, 11) is 1.62. The van der Waals surface area contributed by atoms with Crippen LogP contribution < -0.4 is 10.1 Å². The molecule has 3 rings (SSSR count). The lowest BCUT2D eigenvalue weighted by atomic mass is 10.3. The van der Waals surface area contributed by atoms with Crippen LogP contribution in [0, 0.1) is 0 Å². The minimum absolute atomic E-state index is 0.275. The van der Waals surface area contributed by atoms with E-state index in [9.17, 15) is 4.79 Å². The lowest BCUT2D eigenvalue weighted by Crippen LogP contribution is -2.20. The number of methoxy groups -OCH3 is 1. The van der Waals surface area contributed by atoms with Gasteiger partial charge in [0, 0.05) is 16.9 Å². The molecule has 3 aromatic rings. The molecule has 0 unspecified atom stereocenters. The van der Waals surface area contributed by atoms with Gasteiger partial charge in [0.1, 0.15) is 5.75 Å². The van der Waals surface area contributed by atoms with E-state index >= 15 is 0 Å². The molecule has 6 heteroatoms. The van der Waals surface area contributed by atoms with Gasteiger partial charge in [0.05, 0.1) is 24.7 Å². The molecule has 0 aliphatic rings. The molecular weight excluding hydrogens is 338 g/mol. The van der Waals surface area contributed by atoms with Crippen molar-refractivity contribution >= 4 is 35.2 Å². The second-order valence-electron chi connectivity index (χ2n) is 5.20. The Bertz CT molecular complexity index is 884. The number of carbonyl (C=O) groups is 1. The first-order valence-electron chi connectivity index (χ1n) is 7.58. The molecule has 1 heterocycles. The van der Waals surface area contributed by atoms with Crippen molar-refractivity contribution in [3.63, 3.8) is 0 Å². The van der Waals surface area contributed by atoms with E-state index in [1.54, 1.807) is 49.9 Å². The van der Waals surface area contributed by atoms with Crippen LogP contribution in [0.2, 0.25) is 5.02 Å². The van der Waals surface area contributed by atoms with Crippen LogP contribution in [0.1, 0.15) is 5.69 Å². The molecule has 1 amide bonds. The summed E-state index contributed by atoms with van der Waals surface area (Å²) in [4.78, 5) is 16.8. The van der Waals surface area contributed by atoms with Gasteiger partial charge in [-0.05, 0) is 60.7 Å². The largest absolute Gasteiger partial charge is 0.497 e. The molecule has 0 atom stereocenters. The molecule has 0 radical (unpaired) electrons. The van der Waals surface area contributed by atoms with Gasteiger partial charge in [-0.3, -0.25) is 9.56 Å². The minimum atomic E-state index is -0.275. The topological polar surface area (TPSA) is 55.6 Å². The SMILES string of the molecule is COc1ccc(N=Cc2cccn2C(=O)Nc2ccc(Cl)cc2)cc1. The van der Waals surface area contributed by atoms with Gasteiger partial charge in [-0.1, -0.05) is 11.6 Å². The highest BCUT2D eigenvalue weighted by Crippen LogP contribution is 2.18. The van der Waals surface area contributed by atoms with Crippen LogP contribution in [0.15, 0.2) is 71.9 Å². The smallest absolute Gasteiger partial charge is 0.330 e. The van der Waals surface area contributed by atoms with Crippen LogP contribution >= 0.6 is 11.6 Å². The Morgan fingerprint density at radius 2 is 1.84 bits per heavy atom. The third kappa shape index (κ3) is 4.28. The molecule has 0 aliphatic carbocycles. The van der Waals surface area contributed by atoms with Gasteiger partial charge in [-0.25, -0.2) is 4.79 Å². The lowest BCUT2D eigenvalue weighted by Gasteiger charge is -2.07. The Kier molecular flexibility index (Phi) is 5.16. The van der Waals surface area contributed by atoms with Crippen LogP contribution in [-0.4, -0.2) is 23.9 Å². The van der Waals surface area contributed by atoms with Crippen molar-refractivity contribution in [2.24, 2.45) is 4.99 Å². The number of nitrogens with one attached hydrogen (secondary N) is 1. The van der Waals surface area contributed by atoms with E-state index in [2.05, 4.69) is 10.3 Å². The average molecular weight is 354 g/mol. The Morgan fingerprint density at radius 3 is 2.52 bits per heavy atom. The first-order chi connectivity index (χ1) is 12.2. The van der Waals surface area contributed by atoms with E-state index in [4.69, 9.17) is 16.3 Å². The molecule has 5 nitrogen and oxygen atoms in total. The minimum Gasteiger partial charge on any atom is -0.497 e. The Hall–Kier alpha value is -3.05. The Labute approximate surface area is 150 Å². The van der Waals surface area contributed by atoms with E-state index in [0.29, 0.717) is 16.4 Å². The van der Waals surface area contributed by atoms with Gasteiger partial charge in [0.2, 0.25) is 0 Å². The van der Waals surface area contributed by atoms with Crippen molar-refractivity contribution in [3.8, 4) is 5.75 Å². The van der Waals surface area contributed by atoms with E-state index in [1.807, 2.05) is 30.3 Å². The number of aliphatic imine (C=N–C) groups is 1. The summed E-state index contributed by atoms with van der Waals surface area (Å²) in [5.41, 5.74) is 2.11. The number of aromatic nitrogens is 1. The summed E-state index contributed by atoms with van der Waals surface area (Å²) in [6, 6.07) is 17.6. The standard InChI is InChI=1S/C19H16ClN3O2/c1-25-18-10-8-15(9-11-18)21-13-17-3-2-12-23(17)19(24)22-16-6-4-14(20)5-7-16/h2-13H,1H3,(H,22,24). The Balaban J connectivity index is 1.73. The molecule has 0 saturated heterocycles. The molecule has 0 aliphatic heterocycles. The second kappa shape index (κ2) is 7.68. The Morgan fingerprint density at radius 1 is 1.12 bits per heavy atom. The van der Waals surface area contributed by atoms with Crippen LogP contribution in [0.4, 0.5) is 16.2 Å². The number of amides is 1. The highest BCUT2D eigenvalue weighted by atomic mass is 35.5. The molecule has 126 valence electrons. The lowest BCUT2D eigenvalue weighted by molar-refractivity contribution is 0.253. The molecule has 2 aromatic carbocycles. The van der Waals surface area contributed by atoms with Crippen LogP contribution in [0.25, 0.3) is 0 Å². The first-order valence-corrected chi connectivity index (χ1v) is 7.96. The molecule has 0 spiro atoms. The summed E-state index contributed by atoms with van der Waals surface area (Å²) >= 11 is 5.85. The van der Waals surface area contributed by atoms with Gasteiger partial charge in [0.15, 0.2) is 0 Å². The molecule has 25 heavy (non-hydrogen) atoms. The normalized spacial score (nSPS) is 10.8. The summed E-state index contributed by atoms with van der Waals surface area (Å²) in [5, 5.41) is 3.43. The maximum atomic E-state index is 12.4. The predicted octanol–water partition coefficient (Wildman–Crippen LogP) is 4.98. The predicted molar refractivity (Wildman–Crippen MR) is 101 cm³/mol. The van der Waals surface area contributed by atoms with Gasteiger partial charge < -0.3 is 10.1 Å². The number of nitrogens with zero attached hydrogens (tertiary/aromatic N) is 2. The van der Waals surface area contributed by atoms with Crippen LogP contribution in [0.5, 0.6) is 5.75 Å². The molecule has 1 N–H and O–H groups in total. The highest BCUT2D eigenvalue weighted by molar-refractivity contribution is 6.30. The summed E-state index contributed by atoms with van der Waals surface area (Å²) in [6.45, 7) is 0. The fourth-order valence-electron chi connectivity index (χ4n) is 2.21. The maximum absolute atomic E-state index is 12.4. The van der Waals surface area contributed by atoms with Crippen molar-refractivity contribution < 1.29 is 9.53 Å². The zero-order valence-electron chi connectivity index (χ0n) is 13.5. The van der Waals surface area contributed by atoms with Gasteiger partial charge in [0.25, 0.3) is 0 Å². The van der Waals surface area contributed by atoms with Crippen LogP contribution in [0.3, 0.4) is 0 Å². The number of carbonyl (C=O) groups excluding carboxylic acids is 1. The molecular formula is C19H16ClN3O2. The number of hydrogen-bond donors (Lipinski definition) is 1. The highest BCUT2D eigenvalue weighted by Gasteiger charge is 2.08. The quantitative estimate of drug-likeness (QED) is 0.672. The van der Waals surface area contributed by atoms with E-state index in [-0.39, 0.29) is 6.03 Å². The number of benzene rings is 2. The van der Waals surface area contributed by atoms with E-state index in [0.717, 1.165) is 11.4 Å². The van der Waals surface area contributed by atoms with Crippen molar-refractivity contribution in [1.82, 2.24) is 4.57 Å². The van der Waals surface area contributed by atoms with Crippen LogP contribution in [-0.2, 0) is 0 Å². The summed E-state index contributed by atoms with van der Waals surface area (Å²) in [5.74, 6) is 0.768. The summed E-state index contributed by atoms with van der Waals surface area (Å²) < 4.78 is 6.60. The number of ether oxygens (including phenoxy) is 1. The average Bonchev–Trinajstić information content (AvgIpc) is 3.11. The van der Waals surface area contributed by atoms with Crippen molar-refractivity contribution in [3.05, 3.63) is 77.6 Å².